The first-order valence-corrected chi connectivity index (χ1v) is 35.4. The van der Waals surface area contributed by atoms with Gasteiger partial charge >= 0.3 is 59.8 Å². The average Bonchev–Trinajstić information content (AvgIpc) is 0.748. The monoisotopic (exact) mass is 1480 g/mol. The Bertz CT molecular complexity index is 3070. The number of carbonyl (C=O) groups is 16. The first kappa shape index (κ1) is 89.6. The minimum Gasteiger partial charge on any atom is -0.481 e. The van der Waals surface area contributed by atoms with Crippen molar-refractivity contribution in [2.75, 3.05) is 91.6 Å². The van der Waals surface area contributed by atoms with Gasteiger partial charge in [-0.05, 0) is 85.2 Å². The van der Waals surface area contributed by atoms with Crippen LogP contribution in [-0.2, 0) is 67.1 Å². The standard InChI is InChI=1S/C64H101FN12O25Si/c1-63(2,3)103(65,64(4,5)6)40-17-15-39(16-18-40)55(90)68-35-45(70-50(81)22-20-46(61(100)101)77-33-31-75(37-53(86)87)29-27-74(36-52(84)85)28-30-76(32-34-77)38-54(88)89)56(91)71-42(58(94)95)11-7-8-25-66-47(78)23-24-48(79)67-26-10-13-41(57(92)93)69-49(80)21-19-44(60(98)99)73-62(102)72-43(59(96)97)12-9-14-51(82)83/h15-18,41-46H,7-14,19-38H2,1-6H3,(H,66,78)(H,67,79)(H,68,90)(H,69,80)(H,70,81)(H,71,91)(H,82,83)(H,84,85)(H,86,87)(H,88,89)(H,92,93)(H,94,95)(H,96,97)(H,98,99)(H,100,101)(H2,72,73,102)/t41-,42+,43+,44+,45+,46+/m1/s1. The second kappa shape index (κ2) is 44.1. The van der Waals surface area contributed by atoms with Crippen LogP contribution < -0.4 is 47.7 Å². The predicted octanol–water partition coefficient (Wildman–Crippen LogP) is -1.33. The number of nitrogens with zero attached hydrogens (tertiary/aromatic N) is 4. The minimum atomic E-state index is -3.77. The van der Waals surface area contributed by atoms with Gasteiger partial charge in [-0.25, -0.2) is 24.0 Å². The summed E-state index contributed by atoms with van der Waals surface area (Å²) in [5.74, 6) is -17.3. The fourth-order valence-corrected chi connectivity index (χ4v) is 16.2. The van der Waals surface area contributed by atoms with Crippen molar-refractivity contribution >= 4 is 109 Å². The zero-order chi connectivity index (χ0) is 78.0. The molecule has 6 atom stereocenters. The lowest BCUT2D eigenvalue weighted by Gasteiger charge is -2.44. The van der Waals surface area contributed by atoms with E-state index in [1.807, 2.05) is 10.6 Å². The van der Waals surface area contributed by atoms with Crippen molar-refractivity contribution in [3.8, 4) is 0 Å². The minimum absolute atomic E-state index is 0.00248. The third kappa shape index (κ3) is 33.9. The molecule has 2 rings (SSSR count). The summed E-state index contributed by atoms with van der Waals surface area (Å²) in [6.07, 6.45) is -3.85. The van der Waals surface area contributed by atoms with Gasteiger partial charge in [-0.3, -0.25) is 72.3 Å². The van der Waals surface area contributed by atoms with Crippen LogP contribution in [0.3, 0.4) is 0 Å². The van der Waals surface area contributed by atoms with Gasteiger partial charge in [-0.1, -0.05) is 53.7 Å². The molecule has 0 bridgehead atoms. The number of aliphatic carboxylic acids is 9. The van der Waals surface area contributed by atoms with Gasteiger partial charge in [0.2, 0.25) is 29.5 Å². The highest BCUT2D eigenvalue weighted by molar-refractivity contribution is 6.90. The summed E-state index contributed by atoms with van der Waals surface area (Å²) < 4.78 is 17.1. The number of unbranched alkanes of at least 4 members (excludes halogenated alkanes) is 1. The second-order valence-corrected chi connectivity index (χ2v) is 31.8. The molecule has 8 amide bonds. The van der Waals surface area contributed by atoms with Crippen molar-refractivity contribution in [3.05, 3.63) is 29.8 Å². The molecule has 0 aliphatic carbocycles. The fraction of sp³-hybridized carbons (Fsp3) is 0.656. The molecule has 1 saturated heterocycles. The molecule has 37 nitrogen and oxygen atoms in total. The lowest BCUT2D eigenvalue weighted by Crippen LogP contribution is -2.58. The molecule has 0 spiro atoms. The normalized spacial score (nSPS) is 15.6. The SMILES string of the molecule is CC(C)(C)[Si](F)(c1ccc(C(=O)NC[C@H](NC(=O)CC[C@@H](C(=O)O)N2CCN(CC(=O)O)CCN(CC(=O)O)CCN(CC(=O)O)CC2)C(=O)N[C@@H](CCCCNC(=O)CCC(=O)NCCC[C@@H](NC(=O)CC[C@H](NC(=O)N[C@@H](CCCC(=O)O)C(=O)O)C(=O)O)C(=O)O)C(=O)O)cc1)C(C)(C)C. The van der Waals surface area contributed by atoms with Crippen LogP contribution >= 0.6 is 0 Å². The van der Waals surface area contributed by atoms with E-state index in [2.05, 4.69) is 31.9 Å². The van der Waals surface area contributed by atoms with Crippen molar-refractivity contribution in [2.45, 2.75) is 178 Å². The molecule has 17 N–H and O–H groups in total. The van der Waals surface area contributed by atoms with Crippen molar-refractivity contribution in [3.63, 3.8) is 0 Å². The number of carboxylic acids is 9. The molecule has 578 valence electrons. The summed E-state index contributed by atoms with van der Waals surface area (Å²) in [5.41, 5.74) is 0.0386. The highest BCUT2D eigenvalue weighted by Crippen LogP contribution is 2.51. The van der Waals surface area contributed by atoms with Crippen LogP contribution in [0.5, 0.6) is 0 Å². The Kier molecular flexibility index (Phi) is 38.4. The van der Waals surface area contributed by atoms with E-state index in [0.29, 0.717) is 5.19 Å². The van der Waals surface area contributed by atoms with Crippen LogP contribution in [0.15, 0.2) is 24.3 Å². The van der Waals surface area contributed by atoms with E-state index in [9.17, 15) is 118 Å². The van der Waals surface area contributed by atoms with Crippen molar-refractivity contribution in [1.29, 1.82) is 0 Å². The van der Waals surface area contributed by atoms with Gasteiger partial charge < -0.3 is 92.6 Å². The summed E-state index contributed by atoms with van der Waals surface area (Å²) in [6.45, 7) is 8.45. The predicted molar refractivity (Wildman–Crippen MR) is 364 cm³/mol. The summed E-state index contributed by atoms with van der Waals surface area (Å²) in [6, 6.07) is -4.98. The topological polar surface area (TPSA) is 564 Å². The Morgan fingerprint density at radius 2 is 0.796 bits per heavy atom. The van der Waals surface area contributed by atoms with E-state index in [1.165, 1.54) is 43.9 Å². The number of carbonyl (C=O) groups excluding carboxylic acids is 7. The van der Waals surface area contributed by atoms with E-state index in [0.717, 1.165) is 0 Å². The summed E-state index contributed by atoms with van der Waals surface area (Å²) >= 11 is 0. The molecule has 1 aromatic carbocycles. The zero-order valence-electron chi connectivity index (χ0n) is 58.8. The highest BCUT2D eigenvalue weighted by atomic mass is 28.4. The van der Waals surface area contributed by atoms with E-state index in [-0.39, 0.29) is 129 Å². The van der Waals surface area contributed by atoms with Gasteiger partial charge in [0.25, 0.3) is 14.3 Å². The molecule has 0 unspecified atom stereocenters. The molecule has 1 aliphatic rings. The Balaban J connectivity index is 2.14. The molecule has 1 aromatic rings. The van der Waals surface area contributed by atoms with Gasteiger partial charge in [-0.15, -0.1) is 0 Å². The fourth-order valence-electron chi connectivity index (χ4n) is 11.6. The molecule has 0 saturated carbocycles. The maximum atomic E-state index is 17.1. The van der Waals surface area contributed by atoms with Gasteiger partial charge in [0.05, 0.1) is 19.6 Å². The number of urea groups is 1. The number of nitrogens with one attached hydrogen (secondary N) is 8. The summed E-state index contributed by atoms with van der Waals surface area (Å²) in [7, 11) is -3.77. The molecular formula is C64H101FN12O25Si. The second-order valence-electron chi connectivity index (χ2n) is 26.9. The van der Waals surface area contributed by atoms with E-state index < -0.39 is 208 Å². The number of hydrogen-bond donors (Lipinski definition) is 17. The molecule has 1 heterocycles. The number of rotatable bonds is 44. The first-order valence-electron chi connectivity index (χ1n) is 33.5. The third-order valence-corrected chi connectivity index (χ3v) is 22.1. The largest absolute Gasteiger partial charge is 0.481 e. The van der Waals surface area contributed by atoms with Crippen molar-refractivity contribution in [1.82, 2.24) is 62.1 Å². The molecule has 0 aromatic heterocycles. The Morgan fingerprint density at radius 3 is 1.22 bits per heavy atom. The Hall–Kier alpha value is -9.47. The van der Waals surface area contributed by atoms with Crippen LogP contribution in [0.1, 0.15) is 142 Å². The van der Waals surface area contributed by atoms with Gasteiger partial charge in [-0.2, -0.15) is 0 Å². The molecule has 1 fully saturated rings. The Labute approximate surface area is 594 Å². The van der Waals surface area contributed by atoms with Crippen LogP contribution in [0.2, 0.25) is 10.1 Å². The number of hydrogen-bond acceptors (Lipinski definition) is 20. The van der Waals surface area contributed by atoms with Gasteiger partial charge in [0.1, 0.15) is 36.3 Å². The molecule has 39 heteroatoms. The van der Waals surface area contributed by atoms with Gasteiger partial charge in [0.15, 0.2) is 0 Å². The van der Waals surface area contributed by atoms with Crippen molar-refractivity contribution < 1.29 is 127 Å². The van der Waals surface area contributed by atoms with Gasteiger partial charge in [0, 0.05) is 110 Å². The molecule has 0 radical (unpaired) electrons. The van der Waals surface area contributed by atoms with Crippen LogP contribution in [-0.4, -0.2) is 297 Å². The molecule has 103 heavy (non-hydrogen) atoms. The lowest BCUT2D eigenvalue weighted by atomic mass is 10.1. The van der Waals surface area contributed by atoms with Crippen LogP contribution in [0.25, 0.3) is 0 Å². The van der Waals surface area contributed by atoms with E-state index in [1.54, 1.807) is 41.5 Å². The maximum absolute atomic E-state index is 17.1. The quantitative estimate of drug-likeness (QED) is 0.0205. The number of amides is 8. The Morgan fingerprint density at radius 1 is 0.408 bits per heavy atom. The third-order valence-electron chi connectivity index (χ3n) is 16.9. The maximum Gasteiger partial charge on any atom is 0.326 e. The smallest absolute Gasteiger partial charge is 0.326 e. The first-order chi connectivity index (χ1) is 48.0. The zero-order valence-corrected chi connectivity index (χ0v) is 59.8. The average molecular weight is 1490 g/mol. The van der Waals surface area contributed by atoms with Crippen LogP contribution in [0.4, 0.5) is 8.90 Å². The molecule has 1 aliphatic heterocycles. The highest BCUT2D eigenvalue weighted by Gasteiger charge is 2.56. The number of halogens is 1. The summed E-state index contributed by atoms with van der Waals surface area (Å²) in [5, 5.41) is 105. The van der Waals surface area contributed by atoms with E-state index in [4.69, 9.17) is 5.11 Å². The van der Waals surface area contributed by atoms with E-state index >= 15 is 4.11 Å². The van der Waals surface area contributed by atoms with Crippen LogP contribution in [0, 0.1) is 0 Å². The molecular weight excluding hydrogens is 1380 g/mol. The van der Waals surface area contributed by atoms with Crippen molar-refractivity contribution in [2.24, 2.45) is 0 Å². The number of benzene rings is 1. The summed E-state index contributed by atoms with van der Waals surface area (Å²) in [4.78, 5) is 205. The lowest BCUT2D eigenvalue weighted by molar-refractivity contribution is -0.145. The number of carboxylic acid groups (broad SMARTS) is 9.